The lowest BCUT2D eigenvalue weighted by Crippen LogP contribution is -2.42. The van der Waals surface area contributed by atoms with E-state index < -0.39 is 0 Å². The van der Waals surface area contributed by atoms with Crippen LogP contribution < -0.4 is 10.9 Å². The Balaban J connectivity index is 1.33. The Morgan fingerprint density at radius 3 is 2.79 bits per heavy atom. The predicted molar refractivity (Wildman–Crippen MR) is 104 cm³/mol. The van der Waals surface area contributed by atoms with Gasteiger partial charge in [-0.3, -0.25) is 20.0 Å². The molecule has 0 amide bonds. The fourth-order valence-corrected chi connectivity index (χ4v) is 4.40. The van der Waals surface area contributed by atoms with Crippen LogP contribution in [0.4, 0.5) is 10.2 Å². The van der Waals surface area contributed by atoms with Crippen LogP contribution in [0, 0.1) is 5.82 Å². The molecule has 28 heavy (non-hydrogen) atoms. The topological polar surface area (TPSA) is 112 Å². The van der Waals surface area contributed by atoms with Gasteiger partial charge in [0.1, 0.15) is 27.0 Å². The first-order valence-electron chi connectivity index (χ1n) is 8.91. The maximum Gasteiger partial charge on any atom is 0.283 e. The van der Waals surface area contributed by atoms with Crippen molar-refractivity contribution in [1.82, 2.24) is 30.4 Å². The smallest absolute Gasteiger partial charge is 0.283 e. The van der Waals surface area contributed by atoms with Crippen molar-refractivity contribution in [2.45, 2.75) is 24.7 Å². The van der Waals surface area contributed by atoms with Crippen LogP contribution in [0.3, 0.4) is 0 Å². The van der Waals surface area contributed by atoms with E-state index in [1.54, 1.807) is 18.3 Å². The summed E-state index contributed by atoms with van der Waals surface area (Å²) in [7, 11) is 0. The van der Waals surface area contributed by atoms with Crippen LogP contribution in [0.1, 0.15) is 25.0 Å². The van der Waals surface area contributed by atoms with Crippen LogP contribution in [0.2, 0.25) is 0 Å². The lowest BCUT2D eigenvalue weighted by atomic mass is 9.66. The number of aromatic nitrogens is 6. The molecule has 0 bridgehead atoms. The second-order valence-electron chi connectivity index (χ2n) is 6.90. The molecule has 1 fully saturated rings. The van der Waals surface area contributed by atoms with E-state index in [0.29, 0.717) is 39.1 Å². The molecule has 0 radical (unpaired) electrons. The molecule has 8 nitrogen and oxygen atoms in total. The lowest BCUT2D eigenvalue weighted by molar-refractivity contribution is 0.243. The van der Waals surface area contributed by atoms with E-state index in [-0.39, 0.29) is 16.8 Å². The van der Waals surface area contributed by atoms with Gasteiger partial charge in [-0.15, -0.1) is 21.5 Å². The van der Waals surface area contributed by atoms with Crippen molar-refractivity contribution in [3.63, 3.8) is 0 Å². The molecular formula is C18H16FN7OS. The number of thiazole rings is 1. The molecule has 10 heteroatoms. The maximum atomic E-state index is 14.2. The largest absolute Gasteiger partial charge is 0.368 e. The van der Waals surface area contributed by atoms with Crippen LogP contribution >= 0.6 is 11.3 Å². The number of fused-ring (bicyclic) bond motifs is 1. The summed E-state index contributed by atoms with van der Waals surface area (Å²) in [5, 5.41) is 17.5. The molecule has 142 valence electrons. The van der Waals surface area contributed by atoms with Gasteiger partial charge in [-0.1, -0.05) is 6.42 Å². The third kappa shape index (κ3) is 2.76. The lowest BCUT2D eigenvalue weighted by Gasteiger charge is -2.41. The zero-order valence-electron chi connectivity index (χ0n) is 14.7. The maximum absolute atomic E-state index is 14.2. The van der Waals surface area contributed by atoms with Crippen molar-refractivity contribution in [2.75, 3.05) is 11.9 Å². The highest BCUT2D eigenvalue weighted by Crippen LogP contribution is 2.43. The summed E-state index contributed by atoms with van der Waals surface area (Å²) >= 11 is 1.26. The van der Waals surface area contributed by atoms with E-state index in [2.05, 4.69) is 35.7 Å². The summed E-state index contributed by atoms with van der Waals surface area (Å²) < 4.78 is 14.7. The van der Waals surface area contributed by atoms with Gasteiger partial charge in [0.2, 0.25) is 0 Å². The molecule has 0 saturated heterocycles. The fourth-order valence-electron chi connectivity index (χ4n) is 3.52. The molecular weight excluding hydrogens is 381 g/mol. The number of aromatic amines is 2. The highest BCUT2D eigenvalue weighted by atomic mass is 32.1. The van der Waals surface area contributed by atoms with E-state index >= 15 is 0 Å². The van der Waals surface area contributed by atoms with E-state index in [9.17, 15) is 9.18 Å². The molecule has 0 aliphatic heterocycles. The van der Waals surface area contributed by atoms with Crippen molar-refractivity contribution in [2.24, 2.45) is 0 Å². The van der Waals surface area contributed by atoms with Gasteiger partial charge in [-0.05, 0) is 37.1 Å². The molecule has 0 unspecified atom stereocenters. The Kier molecular flexibility index (Phi) is 3.93. The standard InChI is InChI=1S/C18H16FN7OS/c19-10-3-1-8-20-14(10)18(6-2-7-18)9-21-12-5-4-11(23-24-12)17-22-15-13(28-17)16(27)26-25-15/h1,3-5,8H,2,6-7,9H2,(H,21,24)(H2,25,26,27). The minimum atomic E-state index is -0.305. The van der Waals surface area contributed by atoms with Crippen molar-refractivity contribution in [3.8, 4) is 10.7 Å². The average Bonchev–Trinajstić information content (AvgIpc) is 3.25. The summed E-state index contributed by atoms with van der Waals surface area (Å²) in [6, 6.07) is 6.67. The van der Waals surface area contributed by atoms with Gasteiger partial charge < -0.3 is 5.32 Å². The summed E-state index contributed by atoms with van der Waals surface area (Å²) in [4.78, 5) is 20.3. The Morgan fingerprint density at radius 1 is 1.21 bits per heavy atom. The zero-order valence-corrected chi connectivity index (χ0v) is 15.5. The van der Waals surface area contributed by atoms with Crippen molar-refractivity contribution in [1.29, 1.82) is 0 Å². The minimum absolute atomic E-state index is 0.197. The Labute approximate surface area is 162 Å². The molecule has 4 aromatic heterocycles. The van der Waals surface area contributed by atoms with Crippen molar-refractivity contribution < 1.29 is 4.39 Å². The van der Waals surface area contributed by atoms with E-state index in [1.165, 1.54) is 17.4 Å². The molecule has 1 aliphatic rings. The Morgan fingerprint density at radius 2 is 2.11 bits per heavy atom. The molecule has 4 aromatic rings. The van der Waals surface area contributed by atoms with Gasteiger partial charge in [0, 0.05) is 18.2 Å². The molecule has 1 saturated carbocycles. The van der Waals surface area contributed by atoms with Crippen LogP contribution in [0.25, 0.3) is 21.0 Å². The molecule has 0 spiro atoms. The second kappa shape index (κ2) is 6.48. The van der Waals surface area contributed by atoms with E-state index in [0.717, 1.165) is 19.3 Å². The van der Waals surface area contributed by atoms with Gasteiger partial charge in [0.15, 0.2) is 5.65 Å². The normalized spacial score (nSPS) is 15.5. The summed E-state index contributed by atoms with van der Waals surface area (Å²) in [6.45, 7) is 0.546. The average molecular weight is 397 g/mol. The molecule has 0 atom stereocenters. The third-order valence-corrected chi connectivity index (χ3v) is 6.27. The van der Waals surface area contributed by atoms with Crippen molar-refractivity contribution >= 4 is 27.5 Å². The van der Waals surface area contributed by atoms with Crippen LogP contribution in [-0.4, -0.2) is 36.9 Å². The van der Waals surface area contributed by atoms with Crippen LogP contribution in [-0.2, 0) is 5.41 Å². The number of halogens is 1. The van der Waals surface area contributed by atoms with E-state index in [4.69, 9.17) is 0 Å². The van der Waals surface area contributed by atoms with Gasteiger partial charge in [0.05, 0.1) is 5.69 Å². The second-order valence-corrected chi connectivity index (χ2v) is 7.90. The highest BCUT2D eigenvalue weighted by Gasteiger charge is 2.41. The predicted octanol–water partition coefficient (Wildman–Crippen LogP) is 2.84. The Hall–Kier alpha value is -3.14. The molecule has 0 aromatic carbocycles. The number of hydrogen-bond acceptors (Lipinski definition) is 7. The number of hydrogen-bond donors (Lipinski definition) is 3. The SMILES string of the molecule is O=c1[nH][nH]c2nc(-c3ccc(NCC4(c5ncccc5F)CCC4)nn3)sc12. The molecule has 1 aliphatic carbocycles. The number of H-pyrrole nitrogens is 2. The van der Waals surface area contributed by atoms with Gasteiger partial charge in [0.25, 0.3) is 5.56 Å². The third-order valence-electron chi connectivity index (χ3n) is 5.19. The molecule has 5 rings (SSSR count). The number of anilines is 1. The monoisotopic (exact) mass is 397 g/mol. The number of nitrogens with zero attached hydrogens (tertiary/aromatic N) is 4. The first kappa shape index (κ1) is 17.0. The minimum Gasteiger partial charge on any atom is -0.368 e. The quantitative estimate of drug-likeness (QED) is 0.477. The highest BCUT2D eigenvalue weighted by molar-refractivity contribution is 7.21. The van der Waals surface area contributed by atoms with Gasteiger partial charge in [-0.25, -0.2) is 9.37 Å². The number of rotatable bonds is 5. The Bertz CT molecular complexity index is 1190. The summed E-state index contributed by atoms with van der Waals surface area (Å²) in [5.74, 6) is 0.339. The van der Waals surface area contributed by atoms with E-state index in [1.807, 2.05) is 6.07 Å². The number of nitrogens with one attached hydrogen (secondary N) is 3. The van der Waals surface area contributed by atoms with Gasteiger partial charge in [-0.2, -0.15) is 0 Å². The molecule has 4 heterocycles. The van der Waals surface area contributed by atoms with Crippen molar-refractivity contribution in [3.05, 3.63) is 52.3 Å². The van der Waals surface area contributed by atoms with Crippen LogP contribution in [0.15, 0.2) is 35.3 Å². The van der Waals surface area contributed by atoms with Crippen LogP contribution in [0.5, 0.6) is 0 Å². The summed E-state index contributed by atoms with van der Waals surface area (Å²) in [5.41, 5.74) is 1.12. The molecule has 3 N–H and O–H groups in total. The summed E-state index contributed by atoms with van der Waals surface area (Å²) in [6.07, 6.45) is 4.46. The first-order valence-corrected chi connectivity index (χ1v) is 9.72. The first-order chi connectivity index (χ1) is 13.6. The number of pyridine rings is 1. The fraction of sp³-hybridized carbons (Fsp3) is 0.278. The van der Waals surface area contributed by atoms with Gasteiger partial charge >= 0.3 is 0 Å². The zero-order chi connectivity index (χ0) is 19.1.